The number of nitrogens with one attached hydrogen (secondary N) is 1. The molecule has 1 saturated carbocycles. The zero-order valence-corrected chi connectivity index (χ0v) is 14.2. The monoisotopic (exact) mass is 299 g/mol. The molecule has 2 unspecified atom stereocenters. The van der Waals surface area contributed by atoms with Crippen LogP contribution >= 0.6 is 0 Å². The van der Waals surface area contributed by atoms with E-state index in [2.05, 4.69) is 43.2 Å². The molecular weight excluding hydrogens is 266 g/mol. The Bertz CT molecular complexity index is 306. The van der Waals surface area contributed by atoms with E-state index < -0.39 is 0 Å². The van der Waals surface area contributed by atoms with Gasteiger partial charge in [-0.1, -0.05) is 6.92 Å². The summed E-state index contributed by atoms with van der Waals surface area (Å²) in [5.41, 5.74) is 0. The van der Waals surface area contributed by atoms with Gasteiger partial charge in [-0.2, -0.15) is 0 Å². The van der Waals surface area contributed by atoms with E-state index in [-0.39, 0.29) is 5.79 Å². The Kier molecular flexibility index (Phi) is 6.44. The van der Waals surface area contributed by atoms with E-state index >= 15 is 0 Å². The van der Waals surface area contributed by atoms with Gasteiger partial charge in [0, 0.05) is 24.9 Å². The van der Waals surface area contributed by atoms with Crippen molar-refractivity contribution in [2.45, 2.75) is 50.5 Å². The fourth-order valence-corrected chi connectivity index (χ4v) is 3.66. The van der Waals surface area contributed by atoms with Crippen LogP contribution in [-0.4, -0.2) is 81.7 Å². The van der Waals surface area contributed by atoms with Crippen LogP contribution in [0, 0.1) is 0 Å². The highest BCUT2D eigenvalue weighted by Crippen LogP contribution is 2.37. The Morgan fingerprint density at radius 3 is 2.48 bits per heavy atom. The molecule has 0 aromatic rings. The molecule has 2 rings (SSSR count). The van der Waals surface area contributed by atoms with Gasteiger partial charge in [0.1, 0.15) is 0 Å². The lowest BCUT2D eigenvalue weighted by molar-refractivity contribution is -0.192. The summed E-state index contributed by atoms with van der Waals surface area (Å²) < 4.78 is 11.9. The van der Waals surface area contributed by atoms with Gasteiger partial charge in [0.15, 0.2) is 5.79 Å². The SMILES string of the molecule is CCNC1CCC2(CC1N(C)CCCN(C)C)OCCO2. The first-order valence-corrected chi connectivity index (χ1v) is 8.42. The van der Waals surface area contributed by atoms with Crippen molar-refractivity contribution in [2.24, 2.45) is 0 Å². The zero-order chi connectivity index (χ0) is 15.3. The number of rotatable bonds is 7. The molecule has 0 aromatic heterocycles. The number of likely N-dealkylation sites (N-methyl/N-ethyl adjacent to an activating group) is 2. The molecule has 5 heteroatoms. The summed E-state index contributed by atoms with van der Waals surface area (Å²) >= 11 is 0. The van der Waals surface area contributed by atoms with Gasteiger partial charge >= 0.3 is 0 Å². The minimum absolute atomic E-state index is 0.299. The minimum atomic E-state index is -0.299. The predicted molar refractivity (Wildman–Crippen MR) is 85.5 cm³/mol. The van der Waals surface area contributed by atoms with Crippen LogP contribution in [0.1, 0.15) is 32.6 Å². The fourth-order valence-electron chi connectivity index (χ4n) is 3.66. The second kappa shape index (κ2) is 7.88. The van der Waals surface area contributed by atoms with Crippen molar-refractivity contribution in [1.29, 1.82) is 0 Å². The van der Waals surface area contributed by atoms with Gasteiger partial charge in [-0.25, -0.2) is 0 Å². The third-order valence-electron chi connectivity index (χ3n) is 4.78. The highest BCUT2D eigenvalue weighted by Gasteiger charge is 2.45. The number of hydrogen-bond acceptors (Lipinski definition) is 5. The van der Waals surface area contributed by atoms with Crippen molar-refractivity contribution >= 4 is 0 Å². The first-order valence-electron chi connectivity index (χ1n) is 8.42. The van der Waals surface area contributed by atoms with Gasteiger partial charge < -0.3 is 24.6 Å². The third kappa shape index (κ3) is 4.63. The normalized spacial score (nSPS) is 28.9. The van der Waals surface area contributed by atoms with Gasteiger partial charge in [0.05, 0.1) is 13.2 Å². The van der Waals surface area contributed by atoms with Crippen molar-refractivity contribution in [2.75, 3.05) is 54.0 Å². The maximum absolute atomic E-state index is 5.95. The lowest BCUT2D eigenvalue weighted by Crippen LogP contribution is -2.57. The van der Waals surface area contributed by atoms with Crippen LogP contribution in [0.3, 0.4) is 0 Å². The molecule has 2 aliphatic rings. The number of hydrogen-bond donors (Lipinski definition) is 1. The van der Waals surface area contributed by atoms with Gasteiger partial charge in [-0.05, 0) is 53.6 Å². The van der Waals surface area contributed by atoms with E-state index in [1.54, 1.807) is 0 Å². The molecule has 1 heterocycles. The Morgan fingerprint density at radius 2 is 1.86 bits per heavy atom. The standard InChI is InChI=1S/C16H33N3O2/c1-5-17-14-7-8-16(20-11-12-21-16)13-15(14)19(4)10-6-9-18(2)3/h14-15,17H,5-13H2,1-4H3. The molecule has 2 fully saturated rings. The van der Waals surface area contributed by atoms with E-state index in [0.29, 0.717) is 12.1 Å². The first kappa shape index (κ1) is 17.2. The Balaban J connectivity index is 1.92. The number of nitrogens with zero attached hydrogens (tertiary/aromatic N) is 2. The van der Waals surface area contributed by atoms with Crippen LogP contribution in [0.15, 0.2) is 0 Å². The summed E-state index contributed by atoms with van der Waals surface area (Å²) in [7, 11) is 6.52. The Hall–Kier alpha value is -0.200. The van der Waals surface area contributed by atoms with Gasteiger partial charge in [-0.15, -0.1) is 0 Å². The molecule has 1 aliphatic heterocycles. The van der Waals surface area contributed by atoms with Gasteiger partial charge in [0.25, 0.3) is 0 Å². The average Bonchev–Trinajstić information content (AvgIpc) is 2.89. The van der Waals surface area contributed by atoms with Gasteiger partial charge in [-0.3, -0.25) is 0 Å². The maximum atomic E-state index is 5.95. The summed E-state index contributed by atoms with van der Waals surface area (Å²) in [6.45, 7) is 6.99. The second-order valence-electron chi connectivity index (χ2n) is 6.72. The molecule has 5 nitrogen and oxygen atoms in total. The second-order valence-corrected chi connectivity index (χ2v) is 6.72. The molecular formula is C16H33N3O2. The predicted octanol–water partition coefficient (Wildman–Crippen LogP) is 1.14. The molecule has 1 spiro atoms. The minimum Gasteiger partial charge on any atom is -0.347 e. The highest BCUT2D eigenvalue weighted by atomic mass is 16.7. The Labute approximate surface area is 129 Å². The molecule has 21 heavy (non-hydrogen) atoms. The van der Waals surface area contributed by atoms with Crippen LogP contribution in [0.5, 0.6) is 0 Å². The van der Waals surface area contributed by atoms with E-state index in [0.717, 1.165) is 52.1 Å². The molecule has 1 aliphatic carbocycles. The maximum Gasteiger partial charge on any atom is 0.170 e. The van der Waals surface area contributed by atoms with Crippen molar-refractivity contribution in [3.8, 4) is 0 Å². The van der Waals surface area contributed by atoms with E-state index in [9.17, 15) is 0 Å². The third-order valence-corrected chi connectivity index (χ3v) is 4.78. The summed E-state index contributed by atoms with van der Waals surface area (Å²) in [5.74, 6) is -0.299. The molecule has 0 bridgehead atoms. The van der Waals surface area contributed by atoms with Crippen molar-refractivity contribution < 1.29 is 9.47 Å². The Morgan fingerprint density at radius 1 is 1.14 bits per heavy atom. The summed E-state index contributed by atoms with van der Waals surface area (Å²) in [6.07, 6.45) is 4.35. The van der Waals surface area contributed by atoms with Gasteiger partial charge in [0.2, 0.25) is 0 Å². The van der Waals surface area contributed by atoms with Crippen LogP contribution in [-0.2, 0) is 9.47 Å². The number of ether oxygens (including phenoxy) is 2. The van der Waals surface area contributed by atoms with Crippen molar-refractivity contribution in [1.82, 2.24) is 15.1 Å². The summed E-state index contributed by atoms with van der Waals surface area (Å²) in [5, 5.41) is 3.66. The molecule has 124 valence electrons. The first-order chi connectivity index (χ1) is 10.1. The van der Waals surface area contributed by atoms with Crippen LogP contribution < -0.4 is 5.32 Å². The van der Waals surface area contributed by atoms with Crippen LogP contribution in [0.25, 0.3) is 0 Å². The van der Waals surface area contributed by atoms with Crippen molar-refractivity contribution in [3.05, 3.63) is 0 Å². The quantitative estimate of drug-likeness (QED) is 0.763. The molecule has 0 aromatic carbocycles. The summed E-state index contributed by atoms with van der Waals surface area (Å²) in [6, 6.07) is 1.05. The van der Waals surface area contributed by atoms with E-state index in [4.69, 9.17) is 9.47 Å². The van der Waals surface area contributed by atoms with E-state index in [1.807, 2.05) is 0 Å². The molecule has 0 amide bonds. The zero-order valence-electron chi connectivity index (χ0n) is 14.2. The lowest BCUT2D eigenvalue weighted by Gasteiger charge is -2.45. The smallest absolute Gasteiger partial charge is 0.170 e. The average molecular weight is 299 g/mol. The topological polar surface area (TPSA) is 37.0 Å². The fraction of sp³-hybridized carbons (Fsp3) is 1.00. The summed E-state index contributed by atoms with van der Waals surface area (Å²) in [4.78, 5) is 4.75. The molecule has 2 atom stereocenters. The highest BCUT2D eigenvalue weighted by molar-refractivity contribution is 4.95. The van der Waals surface area contributed by atoms with Crippen LogP contribution in [0.2, 0.25) is 0 Å². The largest absolute Gasteiger partial charge is 0.347 e. The van der Waals surface area contributed by atoms with Crippen molar-refractivity contribution in [3.63, 3.8) is 0 Å². The van der Waals surface area contributed by atoms with E-state index in [1.165, 1.54) is 6.42 Å². The lowest BCUT2D eigenvalue weighted by atomic mass is 9.84. The molecule has 0 radical (unpaired) electrons. The molecule has 1 saturated heterocycles. The van der Waals surface area contributed by atoms with Crippen LogP contribution in [0.4, 0.5) is 0 Å². The molecule has 1 N–H and O–H groups in total.